The quantitative estimate of drug-likeness (QED) is 0.596. The van der Waals surface area contributed by atoms with E-state index in [-0.39, 0.29) is 0 Å². The second kappa shape index (κ2) is 6.75. The van der Waals surface area contributed by atoms with E-state index < -0.39 is 0 Å². The highest BCUT2D eigenvalue weighted by molar-refractivity contribution is 9.09. The molecule has 0 saturated carbocycles. The third-order valence-electron chi connectivity index (χ3n) is 3.19. The lowest BCUT2D eigenvalue weighted by Gasteiger charge is -2.10. The molecule has 0 bridgehead atoms. The van der Waals surface area contributed by atoms with E-state index in [1.54, 1.807) is 0 Å². The van der Waals surface area contributed by atoms with Gasteiger partial charge in [0.2, 0.25) is 0 Å². The number of hydrogen-bond donors (Lipinski definition) is 0. The standard InChI is InChI=1S/C17H19Br/c1-2-3-9-17(18)16-12-10-15(11-13-16)14-7-5-4-6-8-14/h4-8,10-13,17H,2-3,9H2,1H3. The summed E-state index contributed by atoms with van der Waals surface area (Å²) < 4.78 is 0. The molecular weight excluding hydrogens is 284 g/mol. The molecule has 1 atom stereocenters. The Labute approximate surface area is 118 Å². The number of hydrogen-bond acceptors (Lipinski definition) is 0. The molecule has 0 heterocycles. The molecule has 2 rings (SSSR count). The van der Waals surface area contributed by atoms with Crippen LogP contribution in [-0.4, -0.2) is 0 Å². The summed E-state index contributed by atoms with van der Waals surface area (Å²) in [6.07, 6.45) is 3.74. The number of unbranched alkanes of at least 4 members (excludes halogenated alkanes) is 1. The highest BCUT2D eigenvalue weighted by Crippen LogP contribution is 2.30. The summed E-state index contributed by atoms with van der Waals surface area (Å²) in [6.45, 7) is 2.23. The minimum absolute atomic E-state index is 0.488. The Morgan fingerprint density at radius 1 is 0.889 bits per heavy atom. The van der Waals surface area contributed by atoms with Gasteiger partial charge in [0.25, 0.3) is 0 Å². The van der Waals surface area contributed by atoms with Crippen LogP contribution in [0.5, 0.6) is 0 Å². The largest absolute Gasteiger partial charge is 0.0839 e. The molecule has 0 aromatic heterocycles. The number of rotatable bonds is 5. The van der Waals surface area contributed by atoms with Crippen LogP contribution in [0.1, 0.15) is 36.6 Å². The first-order valence-electron chi connectivity index (χ1n) is 6.60. The van der Waals surface area contributed by atoms with E-state index in [2.05, 4.69) is 77.5 Å². The summed E-state index contributed by atoms with van der Waals surface area (Å²) >= 11 is 3.77. The Kier molecular flexibility index (Phi) is 5.00. The fourth-order valence-electron chi connectivity index (χ4n) is 2.06. The zero-order valence-corrected chi connectivity index (χ0v) is 12.4. The molecule has 2 aromatic rings. The van der Waals surface area contributed by atoms with Crippen molar-refractivity contribution in [3.8, 4) is 11.1 Å². The number of halogens is 1. The van der Waals surface area contributed by atoms with Crippen molar-refractivity contribution in [2.75, 3.05) is 0 Å². The lowest BCUT2D eigenvalue weighted by molar-refractivity contribution is 0.713. The van der Waals surface area contributed by atoms with E-state index in [9.17, 15) is 0 Å². The molecule has 1 unspecified atom stereocenters. The van der Waals surface area contributed by atoms with Crippen LogP contribution in [0, 0.1) is 0 Å². The third kappa shape index (κ3) is 3.46. The Bertz CT molecular complexity index is 459. The van der Waals surface area contributed by atoms with E-state index in [0.717, 1.165) is 0 Å². The predicted molar refractivity (Wildman–Crippen MR) is 83.1 cm³/mol. The lowest BCUT2D eigenvalue weighted by atomic mass is 10.0. The summed E-state index contributed by atoms with van der Waals surface area (Å²) in [7, 11) is 0. The van der Waals surface area contributed by atoms with Gasteiger partial charge >= 0.3 is 0 Å². The van der Waals surface area contributed by atoms with Gasteiger partial charge in [-0.2, -0.15) is 0 Å². The average Bonchev–Trinajstić information content (AvgIpc) is 2.46. The molecule has 1 heteroatoms. The smallest absolute Gasteiger partial charge is 0.0395 e. The molecule has 94 valence electrons. The van der Waals surface area contributed by atoms with E-state index in [4.69, 9.17) is 0 Å². The minimum Gasteiger partial charge on any atom is -0.0839 e. The zero-order chi connectivity index (χ0) is 12.8. The summed E-state index contributed by atoms with van der Waals surface area (Å²) in [5.74, 6) is 0. The van der Waals surface area contributed by atoms with Crippen molar-refractivity contribution in [1.82, 2.24) is 0 Å². The van der Waals surface area contributed by atoms with Gasteiger partial charge in [-0.3, -0.25) is 0 Å². The molecule has 0 nitrogen and oxygen atoms in total. The third-order valence-corrected chi connectivity index (χ3v) is 4.18. The van der Waals surface area contributed by atoms with Crippen LogP contribution in [-0.2, 0) is 0 Å². The molecule has 18 heavy (non-hydrogen) atoms. The topological polar surface area (TPSA) is 0 Å². The molecule has 0 fully saturated rings. The van der Waals surface area contributed by atoms with Crippen molar-refractivity contribution in [2.24, 2.45) is 0 Å². The maximum absolute atomic E-state index is 3.77. The number of alkyl halides is 1. The zero-order valence-electron chi connectivity index (χ0n) is 10.8. The van der Waals surface area contributed by atoms with Gasteiger partial charge < -0.3 is 0 Å². The Morgan fingerprint density at radius 3 is 2.11 bits per heavy atom. The van der Waals surface area contributed by atoms with Crippen molar-refractivity contribution in [2.45, 2.75) is 31.0 Å². The second-order valence-electron chi connectivity index (χ2n) is 4.60. The highest BCUT2D eigenvalue weighted by atomic mass is 79.9. The van der Waals surface area contributed by atoms with Crippen LogP contribution in [0.15, 0.2) is 54.6 Å². The van der Waals surface area contributed by atoms with Crippen molar-refractivity contribution in [3.05, 3.63) is 60.2 Å². The fraction of sp³-hybridized carbons (Fsp3) is 0.294. The first-order valence-corrected chi connectivity index (χ1v) is 7.52. The van der Waals surface area contributed by atoms with Crippen LogP contribution < -0.4 is 0 Å². The van der Waals surface area contributed by atoms with E-state index >= 15 is 0 Å². The molecule has 0 aliphatic carbocycles. The molecule has 0 saturated heterocycles. The van der Waals surface area contributed by atoms with Gasteiger partial charge in [-0.05, 0) is 23.1 Å². The summed E-state index contributed by atoms with van der Waals surface area (Å²) in [5.41, 5.74) is 3.95. The van der Waals surface area contributed by atoms with Gasteiger partial charge in [-0.1, -0.05) is 90.3 Å². The molecule has 2 aromatic carbocycles. The monoisotopic (exact) mass is 302 g/mol. The first kappa shape index (κ1) is 13.4. The van der Waals surface area contributed by atoms with E-state index in [0.29, 0.717) is 4.83 Å². The minimum atomic E-state index is 0.488. The Hall–Kier alpha value is -1.08. The summed E-state index contributed by atoms with van der Waals surface area (Å²) in [4.78, 5) is 0.488. The summed E-state index contributed by atoms with van der Waals surface area (Å²) in [5, 5.41) is 0. The van der Waals surface area contributed by atoms with Crippen LogP contribution in [0.3, 0.4) is 0 Å². The van der Waals surface area contributed by atoms with Gasteiger partial charge in [0, 0.05) is 4.83 Å². The van der Waals surface area contributed by atoms with Gasteiger partial charge in [-0.25, -0.2) is 0 Å². The van der Waals surface area contributed by atoms with Crippen molar-refractivity contribution in [3.63, 3.8) is 0 Å². The molecule has 0 amide bonds. The van der Waals surface area contributed by atoms with Crippen LogP contribution >= 0.6 is 15.9 Å². The number of benzene rings is 2. The lowest BCUT2D eigenvalue weighted by Crippen LogP contribution is -1.90. The predicted octanol–water partition coefficient (Wildman–Crippen LogP) is 5.98. The molecule has 0 aliphatic rings. The van der Waals surface area contributed by atoms with Crippen LogP contribution in [0.4, 0.5) is 0 Å². The maximum Gasteiger partial charge on any atom is 0.0395 e. The summed E-state index contributed by atoms with van der Waals surface area (Å²) in [6, 6.07) is 19.4. The van der Waals surface area contributed by atoms with Gasteiger partial charge in [-0.15, -0.1) is 0 Å². The Morgan fingerprint density at radius 2 is 1.50 bits per heavy atom. The van der Waals surface area contributed by atoms with Crippen LogP contribution in [0.25, 0.3) is 11.1 Å². The van der Waals surface area contributed by atoms with E-state index in [1.807, 2.05) is 0 Å². The van der Waals surface area contributed by atoms with Crippen molar-refractivity contribution >= 4 is 15.9 Å². The van der Waals surface area contributed by atoms with Crippen molar-refractivity contribution in [1.29, 1.82) is 0 Å². The fourth-order valence-corrected chi connectivity index (χ4v) is 2.69. The van der Waals surface area contributed by atoms with Crippen LogP contribution in [0.2, 0.25) is 0 Å². The molecule has 0 spiro atoms. The highest BCUT2D eigenvalue weighted by Gasteiger charge is 2.06. The normalized spacial score (nSPS) is 12.3. The van der Waals surface area contributed by atoms with E-state index in [1.165, 1.54) is 36.0 Å². The van der Waals surface area contributed by atoms with Crippen molar-refractivity contribution < 1.29 is 0 Å². The first-order chi connectivity index (χ1) is 8.81. The SMILES string of the molecule is CCCCC(Br)c1ccc(-c2ccccc2)cc1. The second-order valence-corrected chi connectivity index (χ2v) is 5.70. The molecule has 0 radical (unpaired) electrons. The maximum atomic E-state index is 3.77. The average molecular weight is 303 g/mol. The molecule has 0 aliphatic heterocycles. The van der Waals surface area contributed by atoms with Gasteiger partial charge in [0.15, 0.2) is 0 Å². The van der Waals surface area contributed by atoms with Gasteiger partial charge in [0.1, 0.15) is 0 Å². The molecule has 0 N–H and O–H groups in total. The Balaban J connectivity index is 2.10. The molecular formula is C17H19Br. The van der Waals surface area contributed by atoms with Gasteiger partial charge in [0.05, 0.1) is 0 Å².